The van der Waals surface area contributed by atoms with E-state index in [-0.39, 0.29) is 11.8 Å². The minimum Gasteiger partial charge on any atom is -0.391 e. The summed E-state index contributed by atoms with van der Waals surface area (Å²) < 4.78 is 0. The second kappa shape index (κ2) is 5.04. The van der Waals surface area contributed by atoms with E-state index in [4.69, 9.17) is 16.7 Å². The number of aromatic nitrogens is 5. The molecule has 0 atom stereocenters. The maximum atomic E-state index is 9.08. The van der Waals surface area contributed by atoms with Crippen molar-refractivity contribution in [2.75, 3.05) is 0 Å². The summed E-state index contributed by atoms with van der Waals surface area (Å²) >= 11 is 7.09. The Balaban J connectivity index is 1.97. The summed E-state index contributed by atoms with van der Waals surface area (Å²) in [4.78, 5) is 5.96. The van der Waals surface area contributed by atoms with Crippen molar-refractivity contribution < 1.29 is 5.11 Å². The molecule has 0 saturated heterocycles. The van der Waals surface area contributed by atoms with Crippen molar-refractivity contribution in [2.24, 2.45) is 0 Å². The molecule has 1 N–H and O–H groups in total. The lowest BCUT2D eigenvalue weighted by Gasteiger charge is -1.91. The zero-order valence-electron chi connectivity index (χ0n) is 9.56. The zero-order chi connectivity index (χ0) is 13.2. The third kappa shape index (κ3) is 2.35. The predicted octanol–water partition coefficient (Wildman–Crippen LogP) is 1.93. The number of hydrogen-bond acceptors (Lipinski definition) is 6. The fourth-order valence-electron chi connectivity index (χ4n) is 1.50. The van der Waals surface area contributed by atoms with Gasteiger partial charge in [0.05, 0.1) is 11.5 Å². The van der Waals surface area contributed by atoms with Gasteiger partial charge < -0.3 is 5.11 Å². The van der Waals surface area contributed by atoms with Crippen LogP contribution in [0, 0.1) is 0 Å². The first-order valence-electron chi connectivity index (χ1n) is 5.40. The number of benzene rings is 1. The lowest BCUT2D eigenvalue weighted by molar-refractivity contribution is 0.285. The molecule has 0 saturated carbocycles. The van der Waals surface area contributed by atoms with Gasteiger partial charge in [0.15, 0.2) is 0 Å². The number of aliphatic hydroxyl groups is 1. The Morgan fingerprint density at radius 3 is 2.74 bits per heavy atom. The summed E-state index contributed by atoms with van der Waals surface area (Å²) in [5.41, 5.74) is 0.874. The van der Waals surface area contributed by atoms with Gasteiger partial charge in [-0.3, -0.25) is 0 Å². The van der Waals surface area contributed by atoms with Crippen molar-refractivity contribution in [3.8, 4) is 16.5 Å². The number of halogens is 1. The van der Waals surface area contributed by atoms with Gasteiger partial charge in [0.25, 0.3) is 0 Å². The van der Waals surface area contributed by atoms with Gasteiger partial charge in [0.1, 0.15) is 5.15 Å². The maximum absolute atomic E-state index is 9.08. The average Bonchev–Trinajstić information content (AvgIpc) is 3.06. The van der Waals surface area contributed by atoms with Gasteiger partial charge in [0.2, 0.25) is 11.0 Å². The molecule has 0 spiro atoms. The Labute approximate surface area is 117 Å². The van der Waals surface area contributed by atoms with E-state index in [1.54, 1.807) is 0 Å². The number of rotatable bonds is 3. The number of nitrogens with zero attached hydrogens (tertiary/aromatic N) is 5. The topological polar surface area (TPSA) is 76.7 Å². The minimum absolute atomic E-state index is 0.156. The van der Waals surface area contributed by atoms with Crippen LogP contribution in [0.5, 0.6) is 0 Å². The zero-order valence-corrected chi connectivity index (χ0v) is 11.1. The SMILES string of the molecule is OCc1sc(-n2nnc(-c3ccccc3)n2)nc1Cl. The predicted molar refractivity (Wildman–Crippen MR) is 71.2 cm³/mol. The highest BCUT2D eigenvalue weighted by Gasteiger charge is 2.13. The van der Waals surface area contributed by atoms with E-state index in [2.05, 4.69) is 20.4 Å². The molecule has 0 unspecified atom stereocenters. The Bertz CT molecular complexity index is 696. The second-order valence-corrected chi connectivity index (χ2v) is 5.06. The van der Waals surface area contributed by atoms with E-state index in [9.17, 15) is 0 Å². The number of aliphatic hydroxyl groups excluding tert-OH is 1. The lowest BCUT2D eigenvalue weighted by atomic mass is 10.2. The molecule has 0 aliphatic carbocycles. The largest absolute Gasteiger partial charge is 0.391 e. The van der Waals surface area contributed by atoms with Gasteiger partial charge in [-0.25, -0.2) is 4.98 Å². The highest BCUT2D eigenvalue weighted by molar-refractivity contribution is 7.14. The highest BCUT2D eigenvalue weighted by atomic mass is 35.5. The third-order valence-corrected chi connectivity index (χ3v) is 3.83. The molecule has 0 amide bonds. The summed E-state index contributed by atoms with van der Waals surface area (Å²) in [6.45, 7) is -0.156. The minimum atomic E-state index is -0.156. The third-order valence-electron chi connectivity index (χ3n) is 2.40. The van der Waals surface area contributed by atoms with Crippen LogP contribution >= 0.6 is 22.9 Å². The molecule has 3 aromatic rings. The van der Waals surface area contributed by atoms with Crippen LogP contribution in [-0.2, 0) is 6.61 Å². The molecular weight excluding hydrogens is 286 g/mol. The molecule has 0 aliphatic heterocycles. The van der Waals surface area contributed by atoms with Crippen LogP contribution in [0.3, 0.4) is 0 Å². The smallest absolute Gasteiger partial charge is 0.233 e. The van der Waals surface area contributed by atoms with Crippen LogP contribution in [0.2, 0.25) is 5.15 Å². The quantitative estimate of drug-likeness (QED) is 0.798. The summed E-state index contributed by atoms with van der Waals surface area (Å²) in [6, 6.07) is 9.52. The monoisotopic (exact) mass is 293 g/mol. The Hall–Kier alpha value is -1.83. The first-order valence-corrected chi connectivity index (χ1v) is 6.59. The van der Waals surface area contributed by atoms with E-state index < -0.39 is 0 Å². The molecule has 1 aromatic carbocycles. The van der Waals surface area contributed by atoms with Crippen LogP contribution in [0.4, 0.5) is 0 Å². The molecule has 0 bridgehead atoms. The lowest BCUT2D eigenvalue weighted by Crippen LogP contribution is -1.97. The van der Waals surface area contributed by atoms with Gasteiger partial charge in [-0.1, -0.05) is 53.3 Å². The number of tetrazole rings is 1. The molecule has 96 valence electrons. The van der Waals surface area contributed by atoms with Crippen molar-refractivity contribution >= 4 is 22.9 Å². The van der Waals surface area contributed by atoms with E-state index >= 15 is 0 Å². The van der Waals surface area contributed by atoms with Crippen molar-refractivity contribution in [3.63, 3.8) is 0 Å². The number of hydrogen-bond donors (Lipinski definition) is 1. The fourth-order valence-corrected chi connectivity index (χ4v) is 2.52. The van der Waals surface area contributed by atoms with Gasteiger partial charge in [0, 0.05) is 5.56 Å². The van der Waals surface area contributed by atoms with E-state index in [0.29, 0.717) is 15.8 Å². The van der Waals surface area contributed by atoms with Gasteiger partial charge in [-0.15, -0.1) is 15.0 Å². The van der Waals surface area contributed by atoms with Crippen LogP contribution < -0.4 is 0 Å². The molecule has 0 fully saturated rings. The number of thiazole rings is 1. The first kappa shape index (κ1) is 12.2. The molecule has 19 heavy (non-hydrogen) atoms. The van der Waals surface area contributed by atoms with Crippen LogP contribution in [-0.4, -0.2) is 30.3 Å². The maximum Gasteiger partial charge on any atom is 0.233 e. The molecule has 0 aliphatic rings. The molecular formula is C11H8ClN5OS. The normalized spacial score (nSPS) is 10.8. The van der Waals surface area contributed by atoms with Gasteiger partial charge >= 0.3 is 0 Å². The van der Waals surface area contributed by atoms with Crippen molar-refractivity contribution in [2.45, 2.75) is 6.61 Å². The van der Waals surface area contributed by atoms with Crippen LogP contribution in [0.15, 0.2) is 30.3 Å². The summed E-state index contributed by atoms with van der Waals surface area (Å²) in [5.74, 6) is 0.512. The van der Waals surface area contributed by atoms with E-state index in [1.807, 2.05) is 30.3 Å². The summed E-state index contributed by atoms with van der Waals surface area (Å²) in [6.07, 6.45) is 0. The van der Waals surface area contributed by atoms with Crippen LogP contribution in [0.1, 0.15) is 4.88 Å². The molecule has 6 nitrogen and oxygen atoms in total. The van der Waals surface area contributed by atoms with Crippen molar-refractivity contribution in [3.05, 3.63) is 40.4 Å². The molecule has 0 radical (unpaired) electrons. The summed E-state index contributed by atoms with van der Waals surface area (Å²) in [7, 11) is 0. The first-order chi connectivity index (χ1) is 9.28. The highest BCUT2D eigenvalue weighted by Crippen LogP contribution is 2.25. The second-order valence-electron chi connectivity index (χ2n) is 3.64. The Kier molecular flexibility index (Phi) is 3.24. The van der Waals surface area contributed by atoms with Gasteiger partial charge in [-0.05, 0) is 5.21 Å². The molecule has 3 rings (SSSR count). The molecule has 2 heterocycles. The van der Waals surface area contributed by atoms with E-state index in [0.717, 1.165) is 5.56 Å². The molecule has 8 heteroatoms. The summed E-state index contributed by atoms with van der Waals surface area (Å²) in [5, 5.41) is 22.0. The van der Waals surface area contributed by atoms with Crippen LogP contribution in [0.25, 0.3) is 16.5 Å². The standard InChI is InChI=1S/C11H8ClN5OS/c12-9-8(6-18)19-11(13-9)17-15-10(14-16-17)7-4-2-1-3-5-7/h1-5,18H,6H2. The molecule has 2 aromatic heterocycles. The Morgan fingerprint density at radius 1 is 1.26 bits per heavy atom. The van der Waals surface area contributed by atoms with Crippen molar-refractivity contribution in [1.82, 2.24) is 25.2 Å². The van der Waals surface area contributed by atoms with Gasteiger partial charge in [-0.2, -0.15) is 0 Å². The Morgan fingerprint density at radius 2 is 2.05 bits per heavy atom. The van der Waals surface area contributed by atoms with Crippen molar-refractivity contribution in [1.29, 1.82) is 0 Å². The average molecular weight is 294 g/mol. The van der Waals surface area contributed by atoms with E-state index in [1.165, 1.54) is 16.1 Å². The fraction of sp³-hybridized carbons (Fsp3) is 0.0909.